The van der Waals surface area contributed by atoms with Gasteiger partial charge in [-0.25, -0.2) is 4.98 Å². The molecule has 4 aromatic rings. The van der Waals surface area contributed by atoms with Gasteiger partial charge in [0.15, 0.2) is 17.3 Å². The number of amides is 1. The number of carbonyl (C=O) groups excluding carboxylic acids is 2. The van der Waals surface area contributed by atoms with Crippen molar-refractivity contribution in [3.63, 3.8) is 0 Å². The van der Waals surface area contributed by atoms with E-state index in [1.807, 2.05) is 36.4 Å². The molecule has 1 atom stereocenters. The van der Waals surface area contributed by atoms with E-state index < -0.39 is 17.7 Å². The zero-order valence-corrected chi connectivity index (χ0v) is 19.9. The first-order valence-corrected chi connectivity index (χ1v) is 11.5. The zero-order valence-electron chi connectivity index (χ0n) is 19.9. The van der Waals surface area contributed by atoms with Gasteiger partial charge in [-0.2, -0.15) is 0 Å². The van der Waals surface area contributed by atoms with Crippen LogP contribution in [0, 0.1) is 6.92 Å². The average Bonchev–Trinajstić information content (AvgIpc) is 3.36. The summed E-state index contributed by atoms with van der Waals surface area (Å²) in [7, 11) is 1.42. The average molecular weight is 484 g/mol. The molecule has 0 radical (unpaired) electrons. The van der Waals surface area contributed by atoms with Crippen molar-refractivity contribution in [2.45, 2.75) is 19.4 Å². The Morgan fingerprint density at radius 1 is 1.06 bits per heavy atom. The van der Waals surface area contributed by atoms with Crippen LogP contribution < -0.4 is 4.74 Å². The Bertz CT molecular complexity index is 1510. The predicted octanol–water partition coefficient (Wildman–Crippen LogP) is 4.02. The number of rotatable bonds is 6. The number of benzene rings is 2. The molecule has 1 unspecified atom stereocenters. The van der Waals surface area contributed by atoms with Crippen LogP contribution in [0.3, 0.4) is 0 Å². The molecule has 5 rings (SSSR count). The van der Waals surface area contributed by atoms with Crippen LogP contribution in [-0.4, -0.2) is 49.8 Å². The van der Waals surface area contributed by atoms with Gasteiger partial charge in [0.25, 0.3) is 11.7 Å². The van der Waals surface area contributed by atoms with Crippen LogP contribution in [0.15, 0.2) is 78.5 Å². The highest BCUT2D eigenvalue weighted by Gasteiger charge is 2.46. The number of ketones is 1. The molecule has 8 heteroatoms. The number of fused-ring (bicyclic) bond motifs is 1. The Morgan fingerprint density at radius 2 is 1.81 bits per heavy atom. The van der Waals surface area contributed by atoms with Crippen LogP contribution in [0.5, 0.6) is 11.5 Å². The van der Waals surface area contributed by atoms with Crippen molar-refractivity contribution in [1.82, 2.24) is 14.3 Å². The molecular weight excluding hydrogens is 458 g/mol. The number of Topliss-reactive ketones (excluding diaryl/α,β-unsaturated/α-hetero) is 1. The molecule has 182 valence electrons. The molecule has 8 nitrogen and oxygen atoms in total. The lowest BCUT2D eigenvalue weighted by atomic mass is 9.95. The number of hydrogen-bond acceptors (Lipinski definition) is 6. The molecule has 3 heterocycles. The van der Waals surface area contributed by atoms with Gasteiger partial charge in [0.2, 0.25) is 0 Å². The van der Waals surface area contributed by atoms with Crippen molar-refractivity contribution in [2.75, 3.05) is 13.7 Å². The standard InChI is InChI=1S/C28H25N3O5/c1-17-24(30-14-7-6-10-22(30)29-17)26(33)23-25(19-11-12-20(32)21(16-19)36-2)31(28(35)27(23)34)15-13-18-8-4-3-5-9-18/h3-12,14,16,25,32-33H,13,15H2,1-2H3. The monoisotopic (exact) mass is 483 g/mol. The molecule has 0 bridgehead atoms. The predicted molar refractivity (Wildman–Crippen MR) is 134 cm³/mol. The smallest absolute Gasteiger partial charge is 0.295 e. The van der Waals surface area contributed by atoms with E-state index in [2.05, 4.69) is 4.98 Å². The Balaban J connectivity index is 1.67. The minimum Gasteiger partial charge on any atom is -0.505 e. The number of ether oxygens (including phenoxy) is 1. The zero-order chi connectivity index (χ0) is 25.4. The summed E-state index contributed by atoms with van der Waals surface area (Å²) in [5.41, 5.74) is 3.00. The molecule has 1 aliphatic rings. The van der Waals surface area contributed by atoms with Gasteiger partial charge < -0.3 is 19.8 Å². The van der Waals surface area contributed by atoms with Crippen molar-refractivity contribution in [3.8, 4) is 11.5 Å². The van der Waals surface area contributed by atoms with Crippen LogP contribution >= 0.6 is 0 Å². The van der Waals surface area contributed by atoms with Gasteiger partial charge in [-0.3, -0.25) is 14.0 Å². The summed E-state index contributed by atoms with van der Waals surface area (Å²) in [6.45, 7) is 2.00. The first kappa shape index (κ1) is 23.2. The molecule has 0 aliphatic carbocycles. The first-order valence-electron chi connectivity index (χ1n) is 11.5. The van der Waals surface area contributed by atoms with Gasteiger partial charge >= 0.3 is 0 Å². The summed E-state index contributed by atoms with van der Waals surface area (Å²) < 4.78 is 6.97. The number of hydrogen-bond donors (Lipinski definition) is 2. The van der Waals surface area contributed by atoms with Gasteiger partial charge in [0.05, 0.1) is 24.4 Å². The summed E-state index contributed by atoms with van der Waals surface area (Å²) in [4.78, 5) is 32.6. The number of phenolic OH excluding ortho intramolecular Hbond substituents is 1. The molecule has 1 saturated heterocycles. The van der Waals surface area contributed by atoms with E-state index in [1.54, 1.807) is 41.8 Å². The molecule has 1 aliphatic heterocycles. The van der Waals surface area contributed by atoms with Crippen molar-refractivity contribution >= 4 is 23.1 Å². The van der Waals surface area contributed by atoms with E-state index in [4.69, 9.17) is 4.74 Å². The molecule has 36 heavy (non-hydrogen) atoms. The third kappa shape index (κ3) is 3.86. The molecule has 0 spiro atoms. The number of pyridine rings is 1. The van der Waals surface area contributed by atoms with Gasteiger partial charge in [-0.15, -0.1) is 0 Å². The number of aliphatic hydroxyl groups is 1. The number of likely N-dealkylation sites (tertiary alicyclic amines) is 1. The number of nitrogens with zero attached hydrogens (tertiary/aromatic N) is 3. The highest BCUT2D eigenvalue weighted by atomic mass is 16.5. The fraction of sp³-hybridized carbons (Fsp3) is 0.179. The molecule has 2 aromatic carbocycles. The highest BCUT2D eigenvalue weighted by molar-refractivity contribution is 6.46. The molecule has 2 aromatic heterocycles. The van der Waals surface area contributed by atoms with Gasteiger partial charge in [0, 0.05) is 12.7 Å². The highest BCUT2D eigenvalue weighted by Crippen LogP contribution is 2.42. The van der Waals surface area contributed by atoms with Gasteiger partial charge in [-0.05, 0) is 48.7 Å². The number of aliphatic hydroxyl groups excluding tert-OH is 1. The lowest BCUT2D eigenvalue weighted by Gasteiger charge is -2.26. The number of aromatic nitrogens is 2. The third-order valence-corrected chi connectivity index (χ3v) is 6.47. The summed E-state index contributed by atoms with van der Waals surface area (Å²) in [6.07, 6.45) is 2.27. The number of aromatic hydroxyl groups is 1. The number of phenols is 1. The maximum absolute atomic E-state index is 13.4. The molecule has 2 N–H and O–H groups in total. The number of carbonyl (C=O) groups is 2. The van der Waals surface area contributed by atoms with Crippen LogP contribution in [0.25, 0.3) is 11.4 Å². The van der Waals surface area contributed by atoms with Crippen LogP contribution in [0.2, 0.25) is 0 Å². The van der Waals surface area contributed by atoms with Crippen LogP contribution in [-0.2, 0) is 16.0 Å². The second-order valence-electron chi connectivity index (χ2n) is 8.63. The van der Waals surface area contributed by atoms with E-state index in [0.717, 1.165) is 5.56 Å². The summed E-state index contributed by atoms with van der Waals surface area (Å²) in [5, 5.41) is 21.7. The Labute approximate surface area is 207 Å². The Kier molecular flexibility index (Phi) is 5.93. The third-order valence-electron chi connectivity index (χ3n) is 6.47. The minimum absolute atomic E-state index is 0.0328. The maximum Gasteiger partial charge on any atom is 0.295 e. The van der Waals surface area contributed by atoms with E-state index in [-0.39, 0.29) is 29.4 Å². The van der Waals surface area contributed by atoms with Crippen LogP contribution in [0.4, 0.5) is 0 Å². The Hall–Kier alpha value is -4.59. The van der Waals surface area contributed by atoms with Crippen molar-refractivity contribution in [2.24, 2.45) is 0 Å². The second kappa shape index (κ2) is 9.22. The lowest BCUT2D eigenvalue weighted by molar-refractivity contribution is -0.139. The summed E-state index contributed by atoms with van der Waals surface area (Å²) in [5.74, 6) is -1.64. The molecular formula is C28H25N3O5. The molecule has 1 fully saturated rings. The number of methoxy groups -OCH3 is 1. The molecule has 0 saturated carbocycles. The van der Waals surface area contributed by atoms with E-state index in [0.29, 0.717) is 29.0 Å². The van der Waals surface area contributed by atoms with E-state index in [1.165, 1.54) is 18.1 Å². The number of aryl methyl sites for hydroxylation is 1. The van der Waals surface area contributed by atoms with Gasteiger partial charge in [0.1, 0.15) is 11.3 Å². The number of imidazole rings is 1. The van der Waals surface area contributed by atoms with E-state index >= 15 is 0 Å². The fourth-order valence-corrected chi connectivity index (χ4v) is 4.74. The molecule has 1 amide bonds. The van der Waals surface area contributed by atoms with Crippen molar-refractivity contribution in [1.29, 1.82) is 0 Å². The summed E-state index contributed by atoms with van der Waals surface area (Å²) >= 11 is 0. The lowest BCUT2D eigenvalue weighted by Crippen LogP contribution is -2.31. The maximum atomic E-state index is 13.4. The largest absolute Gasteiger partial charge is 0.505 e. The Morgan fingerprint density at radius 3 is 2.56 bits per heavy atom. The fourth-order valence-electron chi connectivity index (χ4n) is 4.74. The normalized spacial score (nSPS) is 17.2. The van der Waals surface area contributed by atoms with Crippen molar-refractivity contribution < 1.29 is 24.5 Å². The van der Waals surface area contributed by atoms with Gasteiger partial charge in [-0.1, -0.05) is 42.5 Å². The van der Waals surface area contributed by atoms with Crippen molar-refractivity contribution in [3.05, 3.63) is 101 Å². The summed E-state index contributed by atoms with van der Waals surface area (Å²) in [6, 6.07) is 18.9. The SMILES string of the molecule is COc1cc(C2C(=C(O)c3c(C)nc4ccccn34)C(=O)C(=O)N2CCc2ccccc2)ccc1O. The quantitative estimate of drug-likeness (QED) is 0.244. The van der Waals surface area contributed by atoms with E-state index in [9.17, 15) is 19.8 Å². The first-order chi connectivity index (χ1) is 17.4. The second-order valence-corrected chi connectivity index (χ2v) is 8.63. The van der Waals surface area contributed by atoms with Crippen LogP contribution in [0.1, 0.15) is 28.6 Å². The topological polar surface area (TPSA) is 104 Å². The minimum atomic E-state index is -0.878.